The minimum Gasteiger partial charge on any atom is -1.00 e. The van der Waals surface area contributed by atoms with Crippen molar-refractivity contribution < 1.29 is 331 Å². The summed E-state index contributed by atoms with van der Waals surface area (Å²) < 4.78 is 94.8. The van der Waals surface area contributed by atoms with E-state index >= 15 is 0 Å². The third kappa shape index (κ3) is 362. The van der Waals surface area contributed by atoms with Crippen LogP contribution in [0.15, 0.2) is 0 Å². The molecule has 0 spiro atoms. The van der Waals surface area contributed by atoms with Crippen molar-refractivity contribution in [2.24, 2.45) is 0 Å². The van der Waals surface area contributed by atoms with Gasteiger partial charge in [-0.3, -0.25) is 27.3 Å². The van der Waals surface area contributed by atoms with Crippen LogP contribution in [0.3, 0.4) is 0 Å². The molecule has 0 saturated carbocycles. The molecule has 0 amide bonds. The molecule has 0 aliphatic heterocycles. The first-order valence-corrected chi connectivity index (χ1v) is 6.29. The average molecular weight is 510 g/mol. The number of rotatable bonds is 0. The van der Waals surface area contributed by atoms with E-state index in [1.165, 1.54) is 0 Å². The van der Waals surface area contributed by atoms with Gasteiger partial charge in [0.2, 0.25) is 0 Å². The van der Waals surface area contributed by atoms with E-state index < -0.39 is 31.2 Å². The van der Waals surface area contributed by atoms with Gasteiger partial charge in [-0.05, 0) is 0 Å². The van der Waals surface area contributed by atoms with Crippen LogP contribution in [0.25, 0.3) is 0 Å². The van der Waals surface area contributed by atoms with Crippen LogP contribution in [0, 0.1) is 0 Å². The zero-order valence-corrected chi connectivity index (χ0v) is 35.8. The van der Waals surface area contributed by atoms with Crippen molar-refractivity contribution in [2.45, 2.75) is 0 Å². The van der Waals surface area contributed by atoms with Crippen LogP contribution in [-0.4, -0.2) is 52.6 Å². The Bertz CT molecular complexity index is 383. The van der Waals surface area contributed by atoms with Gasteiger partial charge in [0.25, 0.3) is 0 Å². The van der Waals surface area contributed by atoms with Gasteiger partial charge >= 0.3 is 297 Å². The topological polar surface area (TPSA) is 224 Å². The summed E-state index contributed by atoms with van der Waals surface area (Å²) in [7, 11) is -14.0. The molecule has 24 heteroatoms. The molecule has 0 aromatic heterocycles. The fourth-order valence-corrected chi connectivity index (χ4v) is 0. The Kier molecular flexibility index (Phi) is 134. The van der Waals surface area contributed by atoms with E-state index in [4.69, 9.17) is 52.6 Å². The zero-order valence-electron chi connectivity index (χ0n) is 24.4. The Hall–Kier alpha value is 8.61. The Balaban J connectivity index is -0.00000000271. The molecule has 0 atom stereocenters. The van der Waals surface area contributed by atoms with Gasteiger partial charge in [0.1, 0.15) is 0 Å². The summed E-state index contributed by atoms with van der Waals surface area (Å²) in [5.41, 5.74) is 0. The van der Waals surface area contributed by atoms with Gasteiger partial charge in [-0.25, -0.2) is 0 Å². The SMILES string of the molecule is O=S(=O)(O)O.O=S(=O)(O)O.O=S(=O)(O)O.[H-].[H-].[H-].[H-].[H-].[H-].[H-].[H-].[H-].[Na+].[Na+].[Na+].[Na+].[Na+].[Na+].[Na+].[Na+].[Na+]. The van der Waals surface area contributed by atoms with E-state index in [2.05, 4.69) is 0 Å². The van der Waals surface area contributed by atoms with Crippen molar-refractivity contribution in [1.82, 2.24) is 0 Å². The maximum atomic E-state index is 8.74. The van der Waals surface area contributed by atoms with Crippen molar-refractivity contribution in [3.63, 3.8) is 0 Å². The molecule has 0 aromatic carbocycles. The molecule has 0 aliphatic rings. The fourth-order valence-electron chi connectivity index (χ4n) is 0. The van der Waals surface area contributed by atoms with Crippen LogP contribution >= 0.6 is 0 Å². The summed E-state index contributed by atoms with van der Waals surface area (Å²) in [6, 6.07) is 0. The van der Waals surface area contributed by atoms with Crippen LogP contribution in [0.2, 0.25) is 0 Å². The van der Waals surface area contributed by atoms with Crippen LogP contribution in [0.1, 0.15) is 12.8 Å². The molecule has 114 valence electrons. The predicted octanol–water partition coefficient (Wildman–Crippen LogP) is -27.9. The predicted molar refractivity (Wildman–Crippen MR) is 52.5 cm³/mol. The Morgan fingerprint density at radius 1 is 0.333 bits per heavy atom. The van der Waals surface area contributed by atoms with E-state index in [0.29, 0.717) is 0 Å². The van der Waals surface area contributed by atoms with Gasteiger partial charge < -0.3 is 12.8 Å². The third-order valence-electron chi connectivity index (χ3n) is 0. The molecular formula is H15Na9O12S3. The normalized spacial score (nSPS) is 7.25. The summed E-state index contributed by atoms with van der Waals surface area (Å²) in [5.74, 6) is 0. The average Bonchev–Trinajstić information content (AvgIpc) is 1.41. The second-order valence-corrected chi connectivity index (χ2v) is 4.03. The molecule has 0 unspecified atom stereocenters. The van der Waals surface area contributed by atoms with Gasteiger partial charge in [-0.2, -0.15) is 25.3 Å². The van der Waals surface area contributed by atoms with Crippen molar-refractivity contribution in [3.8, 4) is 0 Å². The molecule has 0 radical (unpaired) electrons. The summed E-state index contributed by atoms with van der Waals surface area (Å²) in [6.07, 6.45) is 0. The standard InChI is InChI=1S/9Na.3H2O4S.9H/c;;;;;;;;;3*1-5(2,3)4;;;;;;;;;/h;;;;;;;;;3*(H2,1,2,3,4);;;;;;;;;/q9*+1;;;;9*-1. The maximum Gasteiger partial charge on any atom is 1.00 e. The van der Waals surface area contributed by atoms with Crippen molar-refractivity contribution in [2.75, 3.05) is 0 Å². The first kappa shape index (κ1) is 76.7. The Labute approximate surface area is 353 Å². The van der Waals surface area contributed by atoms with Gasteiger partial charge in [0.05, 0.1) is 0 Å². The number of hydrogen-bond acceptors (Lipinski definition) is 6. The van der Waals surface area contributed by atoms with Gasteiger partial charge in [0.15, 0.2) is 0 Å². The summed E-state index contributed by atoms with van der Waals surface area (Å²) >= 11 is 0. The summed E-state index contributed by atoms with van der Waals surface area (Å²) in [6.45, 7) is 0. The van der Waals surface area contributed by atoms with Crippen molar-refractivity contribution in [1.29, 1.82) is 0 Å². The Morgan fingerprint density at radius 2 is 0.333 bits per heavy atom. The monoisotopic (exact) mass is 510 g/mol. The van der Waals surface area contributed by atoms with E-state index in [9.17, 15) is 0 Å². The molecule has 0 bridgehead atoms. The van der Waals surface area contributed by atoms with Crippen LogP contribution in [-0.2, 0) is 31.2 Å². The molecule has 6 N–H and O–H groups in total. The first-order valence-electron chi connectivity index (χ1n) is 2.10. The first-order chi connectivity index (χ1) is 6.00. The minimum atomic E-state index is -4.67. The maximum absolute atomic E-state index is 8.74. The fraction of sp³-hybridized carbons (Fsp3) is 0. The van der Waals surface area contributed by atoms with Gasteiger partial charge in [-0.15, -0.1) is 0 Å². The molecule has 0 aliphatic carbocycles. The van der Waals surface area contributed by atoms with Crippen molar-refractivity contribution in [3.05, 3.63) is 0 Å². The summed E-state index contributed by atoms with van der Waals surface area (Å²) in [4.78, 5) is 0. The molecule has 12 nitrogen and oxygen atoms in total. The van der Waals surface area contributed by atoms with Crippen molar-refractivity contribution >= 4 is 31.2 Å². The number of hydrogen-bond donors (Lipinski definition) is 6. The zero-order chi connectivity index (χ0) is 13.5. The minimum absolute atomic E-state index is 0. The molecule has 0 saturated heterocycles. The molecule has 24 heavy (non-hydrogen) atoms. The smallest absolute Gasteiger partial charge is 1.00 e. The quantitative estimate of drug-likeness (QED) is 0.132. The molecule has 0 heterocycles. The van der Waals surface area contributed by atoms with Crippen LogP contribution in [0.4, 0.5) is 0 Å². The van der Waals surface area contributed by atoms with E-state index in [0.717, 1.165) is 0 Å². The molecular weight excluding hydrogens is 495 g/mol. The van der Waals surface area contributed by atoms with Crippen LogP contribution < -0.4 is 266 Å². The summed E-state index contributed by atoms with van der Waals surface area (Å²) in [5, 5.41) is 0. The van der Waals surface area contributed by atoms with Gasteiger partial charge in [0, 0.05) is 0 Å². The van der Waals surface area contributed by atoms with Crippen LogP contribution in [0.5, 0.6) is 0 Å². The Morgan fingerprint density at radius 3 is 0.333 bits per heavy atom. The van der Waals surface area contributed by atoms with E-state index in [1.807, 2.05) is 0 Å². The van der Waals surface area contributed by atoms with Gasteiger partial charge in [-0.1, -0.05) is 0 Å². The molecule has 0 rings (SSSR count). The van der Waals surface area contributed by atoms with E-state index in [-0.39, 0.29) is 279 Å². The molecule has 0 aromatic rings. The molecule has 0 fully saturated rings. The second kappa shape index (κ2) is 41.8. The second-order valence-electron chi connectivity index (χ2n) is 1.34. The van der Waals surface area contributed by atoms with E-state index in [1.54, 1.807) is 0 Å². The third-order valence-corrected chi connectivity index (χ3v) is 0. The largest absolute Gasteiger partial charge is 1.00 e.